The van der Waals surface area contributed by atoms with Crippen LogP contribution in [0.3, 0.4) is 0 Å². The predicted molar refractivity (Wildman–Crippen MR) is 91.2 cm³/mol. The minimum atomic E-state index is 0.148. The summed E-state index contributed by atoms with van der Waals surface area (Å²) in [4.78, 5) is 19.1. The van der Waals surface area contributed by atoms with E-state index in [4.69, 9.17) is 0 Å². The molecule has 0 bridgehead atoms. The molecule has 1 aromatic carbocycles. The molecule has 1 N–H and O–H groups in total. The smallest absolute Gasteiger partial charge is 0.220 e. The van der Waals surface area contributed by atoms with Crippen LogP contribution in [-0.2, 0) is 11.2 Å². The Bertz CT molecular complexity index is 619. The maximum atomic E-state index is 12.1. The number of para-hydroxylation sites is 1. The lowest BCUT2D eigenvalue weighted by atomic mass is 10.2. The van der Waals surface area contributed by atoms with Crippen molar-refractivity contribution >= 4 is 27.5 Å². The highest BCUT2D eigenvalue weighted by Crippen LogP contribution is 2.22. The fraction of sp³-hybridized carbons (Fsp3) is 0.529. The summed E-state index contributed by atoms with van der Waals surface area (Å²) in [5.74, 6) is 0.148. The molecule has 3 rings (SSSR count). The van der Waals surface area contributed by atoms with E-state index in [1.165, 1.54) is 4.70 Å². The van der Waals surface area contributed by atoms with E-state index in [0.717, 1.165) is 36.5 Å². The second kappa shape index (κ2) is 6.75. The van der Waals surface area contributed by atoms with Crippen LogP contribution in [0.2, 0.25) is 0 Å². The number of aromatic nitrogens is 1. The van der Waals surface area contributed by atoms with Crippen LogP contribution in [-0.4, -0.2) is 41.0 Å². The van der Waals surface area contributed by atoms with Crippen molar-refractivity contribution in [2.45, 2.75) is 45.2 Å². The van der Waals surface area contributed by atoms with Gasteiger partial charge < -0.3 is 5.32 Å². The van der Waals surface area contributed by atoms with Gasteiger partial charge in [-0.05, 0) is 32.4 Å². The fourth-order valence-electron chi connectivity index (χ4n) is 2.92. The minimum Gasteiger partial charge on any atom is -0.352 e. The Labute approximate surface area is 135 Å². The third-order valence-electron chi connectivity index (χ3n) is 4.22. The number of hydrogen-bond donors (Lipinski definition) is 1. The van der Waals surface area contributed by atoms with E-state index in [9.17, 15) is 4.79 Å². The molecular formula is C17H23N3OS. The van der Waals surface area contributed by atoms with E-state index in [2.05, 4.69) is 35.1 Å². The zero-order chi connectivity index (χ0) is 15.5. The molecule has 5 heteroatoms. The average molecular weight is 317 g/mol. The topological polar surface area (TPSA) is 45.2 Å². The molecule has 4 nitrogen and oxygen atoms in total. The standard InChI is InChI=1S/C17H23N3OS/c1-12(2)20-10-9-13(11-20)18-16(21)7-8-17-19-14-5-3-4-6-15(14)22-17/h3-6,12-13H,7-11H2,1-2H3,(H,18,21). The molecule has 1 saturated heterocycles. The molecule has 1 fully saturated rings. The summed E-state index contributed by atoms with van der Waals surface area (Å²) in [5, 5.41) is 4.21. The normalized spacial score (nSPS) is 19.1. The van der Waals surface area contributed by atoms with Crippen LogP contribution in [0.1, 0.15) is 31.7 Å². The van der Waals surface area contributed by atoms with Gasteiger partial charge >= 0.3 is 0 Å². The van der Waals surface area contributed by atoms with Gasteiger partial charge in [0.2, 0.25) is 5.91 Å². The second-order valence-electron chi connectivity index (χ2n) is 6.22. The third-order valence-corrected chi connectivity index (χ3v) is 5.32. The SMILES string of the molecule is CC(C)N1CCC(NC(=O)CCc2nc3ccccc3s2)C1. The van der Waals surface area contributed by atoms with Gasteiger partial charge in [0.1, 0.15) is 0 Å². The molecule has 2 aromatic rings. The number of nitrogens with one attached hydrogen (secondary N) is 1. The Morgan fingerprint density at radius 1 is 1.45 bits per heavy atom. The number of aryl methyl sites for hydroxylation is 1. The minimum absolute atomic E-state index is 0.148. The second-order valence-corrected chi connectivity index (χ2v) is 7.33. The van der Waals surface area contributed by atoms with E-state index < -0.39 is 0 Å². The van der Waals surface area contributed by atoms with Crippen LogP contribution in [0, 0.1) is 0 Å². The molecule has 1 aromatic heterocycles. The molecule has 118 valence electrons. The molecular weight excluding hydrogens is 294 g/mol. The molecule has 1 amide bonds. The number of thiazole rings is 1. The number of carbonyl (C=O) groups excluding carboxylic acids is 1. The highest BCUT2D eigenvalue weighted by Gasteiger charge is 2.25. The first kappa shape index (κ1) is 15.4. The van der Waals surface area contributed by atoms with Crippen molar-refractivity contribution < 1.29 is 4.79 Å². The monoisotopic (exact) mass is 317 g/mol. The zero-order valence-electron chi connectivity index (χ0n) is 13.2. The molecule has 2 heterocycles. The molecule has 1 aliphatic rings. The third kappa shape index (κ3) is 3.65. The Morgan fingerprint density at radius 2 is 2.27 bits per heavy atom. The lowest BCUT2D eigenvalue weighted by molar-refractivity contribution is -0.121. The Kier molecular flexibility index (Phi) is 4.74. The number of benzene rings is 1. The van der Waals surface area contributed by atoms with Gasteiger partial charge in [0, 0.05) is 38.0 Å². The lowest BCUT2D eigenvalue weighted by Gasteiger charge is -2.20. The van der Waals surface area contributed by atoms with Gasteiger partial charge in [0.25, 0.3) is 0 Å². The van der Waals surface area contributed by atoms with Crippen LogP contribution < -0.4 is 5.32 Å². The van der Waals surface area contributed by atoms with E-state index in [1.54, 1.807) is 11.3 Å². The van der Waals surface area contributed by atoms with Gasteiger partial charge in [-0.25, -0.2) is 4.98 Å². The Hall–Kier alpha value is -1.46. The molecule has 22 heavy (non-hydrogen) atoms. The fourth-order valence-corrected chi connectivity index (χ4v) is 3.89. The van der Waals surface area contributed by atoms with E-state index in [-0.39, 0.29) is 5.91 Å². The predicted octanol–water partition coefficient (Wildman–Crippen LogP) is 2.83. The molecule has 0 saturated carbocycles. The maximum Gasteiger partial charge on any atom is 0.220 e. The number of rotatable bonds is 5. The Morgan fingerprint density at radius 3 is 3.00 bits per heavy atom. The number of amides is 1. The van der Waals surface area contributed by atoms with Crippen molar-refractivity contribution in [2.75, 3.05) is 13.1 Å². The first-order chi connectivity index (χ1) is 10.6. The van der Waals surface area contributed by atoms with Gasteiger partial charge in [0.15, 0.2) is 0 Å². The van der Waals surface area contributed by atoms with Crippen molar-refractivity contribution in [3.8, 4) is 0 Å². The van der Waals surface area contributed by atoms with Gasteiger partial charge in [0.05, 0.1) is 15.2 Å². The summed E-state index contributed by atoms with van der Waals surface area (Å²) in [6.45, 7) is 6.47. The van der Waals surface area contributed by atoms with Crippen LogP contribution in [0.25, 0.3) is 10.2 Å². The quantitative estimate of drug-likeness (QED) is 0.922. The van der Waals surface area contributed by atoms with Crippen molar-refractivity contribution in [1.29, 1.82) is 0 Å². The van der Waals surface area contributed by atoms with Gasteiger partial charge in [-0.15, -0.1) is 11.3 Å². The van der Waals surface area contributed by atoms with Crippen LogP contribution in [0.5, 0.6) is 0 Å². The largest absolute Gasteiger partial charge is 0.352 e. The molecule has 1 aliphatic heterocycles. The van der Waals surface area contributed by atoms with Crippen LogP contribution in [0.15, 0.2) is 24.3 Å². The van der Waals surface area contributed by atoms with Crippen molar-refractivity contribution in [1.82, 2.24) is 15.2 Å². The molecule has 0 radical (unpaired) electrons. The lowest BCUT2D eigenvalue weighted by Crippen LogP contribution is -2.38. The Balaban J connectivity index is 1.48. The van der Waals surface area contributed by atoms with Crippen LogP contribution >= 0.6 is 11.3 Å². The number of hydrogen-bond acceptors (Lipinski definition) is 4. The molecule has 0 spiro atoms. The summed E-state index contributed by atoms with van der Waals surface area (Å²) in [6.07, 6.45) is 2.31. The molecule has 0 aliphatic carbocycles. The number of carbonyl (C=O) groups is 1. The number of likely N-dealkylation sites (tertiary alicyclic amines) is 1. The van der Waals surface area contributed by atoms with E-state index in [0.29, 0.717) is 18.5 Å². The van der Waals surface area contributed by atoms with Gasteiger partial charge in [-0.3, -0.25) is 9.69 Å². The first-order valence-corrected chi connectivity index (χ1v) is 8.81. The molecule has 1 atom stereocenters. The highest BCUT2D eigenvalue weighted by atomic mass is 32.1. The summed E-state index contributed by atoms with van der Waals surface area (Å²) >= 11 is 1.69. The zero-order valence-corrected chi connectivity index (χ0v) is 14.0. The average Bonchev–Trinajstić information content (AvgIpc) is 3.11. The molecule has 1 unspecified atom stereocenters. The summed E-state index contributed by atoms with van der Waals surface area (Å²) < 4.78 is 1.20. The summed E-state index contributed by atoms with van der Waals surface area (Å²) in [6, 6.07) is 9.00. The van der Waals surface area contributed by atoms with Crippen molar-refractivity contribution in [3.63, 3.8) is 0 Å². The van der Waals surface area contributed by atoms with E-state index >= 15 is 0 Å². The number of nitrogens with zero attached hydrogens (tertiary/aromatic N) is 2. The summed E-state index contributed by atoms with van der Waals surface area (Å²) in [5.41, 5.74) is 1.03. The van der Waals surface area contributed by atoms with Gasteiger partial charge in [-0.2, -0.15) is 0 Å². The van der Waals surface area contributed by atoms with Gasteiger partial charge in [-0.1, -0.05) is 12.1 Å². The first-order valence-electron chi connectivity index (χ1n) is 7.99. The van der Waals surface area contributed by atoms with Crippen LogP contribution in [0.4, 0.5) is 0 Å². The summed E-state index contributed by atoms with van der Waals surface area (Å²) in [7, 11) is 0. The van der Waals surface area contributed by atoms with Crippen molar-refractivity contribution in [2.24, 2.45) is 0 Å². The van der Waals surface area contributed by atoms with Crippen molar-refractivity contribution in [3.05, 3.63) is 29.3 Å². The van der Waals surface area contributed by atoms with E-state index in [1.807, 2.05) is 18.2 Å². The highest BCUT2D eigenvalue weighted by molar-refractivity contribution is 7.18. The maximum absolute atomic E-state index is 12.1. The number of fused-ring (bicyclic) bond motifs is 1.